The van der Waals surface area contributed by atoms with Crippen LogP contribution in [0.5, 0.6) is 0 Å². The smallest absolute Gasteiger partial charge is 0.244 e. The number of hydrogen-bond acceptors (Lipinski definition) is 1. The molecule has 1 N–H and O–H groups in total. The summed E-state index contributed by atoms with van der Waals surface area (Å²) in [6.07, 6.45) is 5.91. The van der Waals surface area contributed by atoms with E-state index in [0.717, 1.165) is 12.0 Å². The van der Waals surface area contributed by atoms with Crippen LogP contribution >= 0.6 is 0 Å². The van der Waals surface area contributed by atoms with Crippen LogP contribution in [0.4, 0.5) is 0 Å². The van der Waals surface area contributed by atoms with Crippen molar-refractivity contribution in [2.75, 3.05) is 6.54 Å². The molecule has 1 aromatic carbocycles. The molecule has 0 saturated heterocycles. The fourth-order valence-corrected chi connectivity index (χ4v) is 1.09. The summed E-state index contributed by atoms with van der Waals surface area (Å²) in [6, 6.07) is 9.73. The van der Waals surface area contributed by atoms with Gasteiger partial charge in [0.05, 0.1) is 0 Å². The number of nitrogens with one attached hydrogen (secondary N) is 1. The standard InChI is InChI=1S/C13H15NO/c1-2-3-11-14-13(15)10-9-12-7-5-4-6-8-12/h2,4-10H,1,3,11H2,(H,14,15)/b10-9+. The van der Waals surface area contributed by atoms with Gasteiger partial charge in [-0.15, -0.1) is 6.58 Å². The van der Waals surface area contributed by atoms with Crippen molar-refractivity contribution in [1.29, 1.82) is 0 Å². The molecule has 1 amide bonds. The Morgan fingerprint density at radius 3 is 2.73 bits per heavy atom. The molecule has 0 unspecified atom stereocenters. The molecule has 78 valence electrons. The minimum absolute atomic E-state index is 0.0688. The maximum atomic E-state index is 11.3. The van der Waals surface area contributed by atoms with Crippen molar-refractivity contribution in [2.24, 2.45) is 0 Å². The highest BCUT2D eigenvalue weighted by Crippen LogP contribution is 2.00. The highest BCUT2D eigenvalue weighted by atomic mass is 16.1. The van der Waals surface area contributed by atoms with E-state index in [4.69, 9.17) is 0 Å². The summed E-state index contributed by atoms with van der Waals surface area (Å²) >= 11 is 0. The Kier molecular flexibility index (Phi) is 4.95. The van der Waals surface area contributed by atoms with Gasteiger partial charge >= 0.3 is 0 Å². The van der Waals surface area contributed by atoms with E-state index in [1.807, 2.05) is 30.3 Å². The molecule has 0 saturated carbocycles. The topological polar surface area (TPSA) is 29.1 Å². The second-order valence-corrected chi connectivity index (χ2v) is 3.11. The van der Waals surface area contributed by atoms with Gasteiger partial charge in [-0.3, -0.25) is 4.79 Å². The van der Waals surface area contributed by atoms with E-state index >= 15 is 0 Å². The van der Waals surface area contributed by atoms with E-state index in [0.29, 0.717) is 6.54 Å². The van der Waals surface area contributed by atoms with Crippen molar-refractivity contribution in [2.45, 2.75) is 6.42 Å². The van der Waals surface area contributed by atoms with Crippen molar-refractivity contribution in [3.63, 3.8) is 0 Å². The lowest BCUT2D eigenvalue weighted by molar-refractivity contribution is -0.116. The Morgan fingerprint density at radius 2 is 2.07 bits per heavy atom. The summed E-state index contributed by atoms with van der Waals surface area (Å²) in [5.41, 5.74) is 1.02. The summed E-state index contributed by atoms with van der Waals surface area (Å²) in [7, 11) is 0. The average molecular weight is 201 g/mol. The Hall–Kier alpha value is -1.83. The van der Waals surface area contributed by atoms with Crippen molar-refractivity contribution >= 4 is 12.0 Å². The quantitative estimate of drug-likeness (QED) is 0.442. The Bertz CT molecular complexity index is 341. The zero-order chi connectivity index (χ0) is 10.9. The zero-order valence-corrected chi connectivity index (χ0v) is 8.65. The Balaban J connectivity index is 2.37. The largest absolute Gasteiger partial charge is 0.352 e. The summed E-state index contributed by atoms with van der Waals surface area (Å²) < 4.78 is 0. The molecule has 0 atom stereocenters. The van der Waals surface area contributed by atoms with Crippen molar-refractivity contribution < 1.29 is 4.79 Å². The van der Waals surface area contributed by atoms with Crippen LogP contribution in [0.3, 0.4) is 0 Å². The predicted molar refractivity (Wildman–Crippen MR) is 63.3 cm³/mol. The maximum absolute atomic E-state index is 11.3. The molecule has 0 aromatic heterocycles. The third-order valence-electron chi connectivity index (χ3n) is 1.87. The Morgan fingerprint density at radius 1 is 1.33 bits per heavy atom. The predicted octanol–water partition coefficient (Wildman–Crippen LogP) is 2.39. The maximum Gasteiger partial charge on any atom is 0.244 e. The van der Waals surface area contributed by atoms with Gasteiger partial charge in [-0.2, -0.15) is 0 Å². The minimum Gasteiger partial charge on any atom is -0.352 e. The van der Waals surface area contributed by atoms with Gasteiger partial charge in [0.25, 0.3) is 0 Å². The summed E-state index contributed by atoms with van der Waals surface area (Å²) in [4.78, 5) is 11.3. The summed E-state index contributed by atoms with van der Waals surface area (Å²) in [5, 5.41) is 2.76. The van der Waals surface area contributed by atoms with Gasteiger partial charge in [0, 0.05) is 12.6 Å². The molecular weight excluding hydrogens is 186 g/mol. The molecule has 0 radical (unpaired) electrons. The molecule has 0 aliphatic rings. The summed E-state index contributed by atoms with van der Waals surface area (Å²) in [6.45, 7) is 4.22. The number of benzene rings is 1. The first-order chi connectivity index (χ1) is 7.33. The molecule has 0 aliphatic heterocycles. The van der Waals surface area contributed by atoms with E-state index in [2.05, 4.69) is 11.9 Å². The number of carbonyl (C=O) groups excluding carboxylic acids is 1. The molecule has 15 heavy (non-hydrogen) atoms. The second-order valence-electron chi connectivity index (χ2n) is 3.11. The first-order valence-corrected chi connectivity index (χ1v) is 4.95. The van der Waals surface area contributed by atoms with Gasteiger partial charge in [-0.1, -0.05) is 36.4 Å². The number of amides is 1. The molecule has 1 aromatic rings. The molecule has 2 nitrogen and oxygen atoms in total. The highest BCUT2D eigenvalue weighted by Gasteiger charge is 1.92. The van der Waals surface area contributed by atoms with Crippen molar-refractivity contribution in [1.82, 2.24) is 5.32 Å². The lowest BCUT2D eigenvalue weighted by Crippen LogP contribution is -2.21. The van der Waals surface area contributed by atoms with Gasteiger partial charge in [-0.05, 0) is 18.1 Å². The molecule has 0 aliphatic carbocycles. The van der Waals surface area contributed by atoms with Crippen LogP contribution in [0.15, 0.2) is 49.1 Å². The fourth-order valence-electron chi connectivity index (χ4n) is 1.09. The Labute approximate surface area is 90.3 Å². The van der Waals surface area contributed by atoms with Crippen LogP contribution in [0.1, 0.15) is 12.0 Å². The fraction of sp³-hybridized carbons (Fsp3) is 0.154. The molecular formula is C13H15NO. The number of carbonyl (C=O) groups is 1. The van der Waals surface area contributed by atoms with E-state index in [-0.39, 0.29) is 5.91 Å². The first kappa shape index (κ1) is 11.2. The third kappa shape index (κ3) is 4.81. The highest BCUT2D eigenvalue weighted by molar-refractivity contribution is 5.91. The average Bonchev–Trinajstić information content (AvgIpc) is 2.28. The molecule has 0 bridgehead atoms. The lowest BCUT2D eigenvalue weighted by Gasteiger charge is -1.97. The monoisotopic (exact) mass is 201 g/mol. The van der Waals surface area contributed by atoms with E-state index in [9.17, 15) is 4.79 Å². The molecule has 1 rings (SSSR count). The van der Waals surface area contributed by atoms with Gasteiger partial charge in [0.2, 0.25) is 5.91 Å². The normalized spacial score (nSPS) is 10.1. The lowest BCUT2D eigenvalue weighted by atomic mass is 10.2. The minimum atomic E-state index is -0.0688. The van der Waals surface area contributed by atoms with Crippen LogP contribution in [-0.2, 0) is 4.79 Å². The van der Waals surface area contributed by atoms with Crippen LogP contribution in [0, 0.1) is 0 Å². The molecule has 0 fully saturated rings. The van der Waals surface area contributed by atoms with Gasteiger partial charge in [-0.25, -0.2) is 0 Å². The van der Waals surface area contributed by atoms with Crippen molar-refractivity contribution in [3.8, 4) is 0 Å². The second kappa shape index (κ2) is 6.60. The van der Waals surface area contributed by atoms with Crippen LogP contribution in [0.25, 0.3) is 6.08 Å². The van der Waals surface area contributed by atoms with Crippen LogP contribution < -0.4 is 5.32 Å². The molecule has 0 heterocycles. The number of rotatable bonds is 5. The van der Waals surface area contributed by atoms with Gasteiger partial charge in [0.15, 0.2) is 0 Å². The van der Waals surface area contributed by atoms with Gasteiger partial charge in [0.1, 0.15) is 0 Å². The van der Waals surface area contributed by atoms with Crippen LogP contribution in [0.2, 0.25) is 0 Å². The molecule has 0 spiro atoms. The first-order valence-electron chi connectivity index (χ1n) is 4.95. The van der Waals surface area contributed by atoms with Gasteiger partial charge < -0.3 is 5.32 Å². The SMILES string of the molecule is C=CCCNC(=O)/C=C/c1ccccc1. The van der Waals surface area contributed by atoms with E-state index in [1.54, 1.807) is 18.2 Å². The summed E-state index contributed by atoms with van der Waals surface area (Å²) in [5.74, 6) is -0.0688. The third-order valence-corrected chi connectivity index (χ3v) is 1.87. The van der Waals surface area contributed by atoms with Crippen LogP contribution in [-0.4, -0.2) is 12.5 Å². The van der Waals surface area contributed by atoms with Crippen molar-refractivity contribution in [3.05, 3.63) is 54.6 Å². The van der Waals surface area contributed by atoms with E-state index in [1.165, 1.54) is 0 Å². The van der Waals surface area contributed by atoms with E-state index < -0.39 is 0 Å². The molecule has 2 heteroatoms. The zero-order valence-electron chi connectivity index (χ0n) is 8.65. The number of hydrogen-bond donors (Lipinski definition) is 1.